The largest absolute Gasteiger partial charge is 0.379 e. The monoisotopic (exact) mass is 365 g/mol. The molecule has 0 radical (unpaired) electrons. The number of rotatable bonds is 6. The van der Waals surface area contributed by atoms with Gasteiger partial charge in [-0.3, -0.25) is 4.79 Å². The number of nitriles is 1. The van der Waals surface area contributed by atoms with Crippen LogP contribution < -0.4 is 5.32 Å². The van der Waals surface area contributed by atoms with Crippen LogP contribution in [0.4, 0.5) is 0 Å². The fraction of sp³-hybridized carbons (Fsp3) is 0.450. The van der Waals surface area contributed by atoms with E-state index in [9.17, 15) is 4.79 Å². The average Bonchev–Trinajstić information content (AvgIpc) is 3.43. The summed E-state index contributed by atoms with van der Waals surface area (Å²) in [7, 11) is 0. The van der Waals surface area contributed by atoms with Crippen LogP contribution in [0.15, 0.2) is 36.8 Å². The van der Waals surface area contributed by atoms with Crippen LogP contribution in [0, 0.1) is 11.3 Å². The van der Waals surface area contributed by atoms with Gasteiger partial charge in [-0.25, -0.2) is 4.98 Å². The van der Waals surface area contributed by atoms with E-state index < -0.39 is 0 Å². The lowest BCUT2D eigenvalue weighted by atomic mass is 10.1. The summed E-state index contributed by atoms with van der Waals surface area (Å²) in [5, 5.41) is 12.3. The second-order valence-electron chi connectivity index (χ2n) is 7.09. The third-order valence-corrected chi connectivity index (χ3v) is 5.35. The van der Waals surface area contributed by atoms with E-state index in [1.807, 2.05) is 35.4 Å². The van der Waals surface area contributed by atoms with Crippen molar-refractivity contribution in [3.05, 3.63) is 53.6 Å². The van der Waals surface area contributed by atoms with Gasteiger partial charge in [0.15, 0.2) is 0 Å². The molecule has 4 rings (SSSR count). The summed E-state index contributed by atoms with van der Waals surface area (Å²) in [4.78, 5) is 18.9. The highest BCUT2D eigenvalue weighted by molar-refractivity contribution is 5.84. The van der Waals surface area contributed by atoms with Crippen LogP contribution in [0.5, 0.6) is 0 Å². The molecule has 3 heterocycles. The van der Waals surface area contributed by atoms with Crippen molar-refractivity contribution in [3.8, 4) is 6.07 Å². The van der Waals surface area contributed by atoms with E-state index in [0.29, 0.717) is 25.3 Å². The van der Waals surface area contributed by atoms with Crippen molar-refractivity contribution in [1.82, 2.24) is 19.8 Å². The topological polar surface area (TPSA) is 83.2 Å². The molecule has 2 atom stereocenters. The summed E-state index contributed by atoms with van der Waals surface area (Å²) in [6.07, 6.45) is 5.40. The van der Waals surface area contributed by atoms with E-state index in [1.54, 1.807) is 6.33 Å². The number of amides is 1. The Bertz CT molecular complexity index is 833. The molecule has 2 aliphatic rings. The van der Waals surface area contributed by atoms with Crippen LogP contribution in [0.25, 0.3) is 0 Å². The lowest BCUT2D eigenvalue weighted by Gasteiger charge is -2.23. The third-order valence-electron chi connectivity index (χ3n) is 5.35. The summed E-state index contributed by atoms with van der Waals surface area (Å²) < 4.78 is 7.48. The number of imidazole rings is 1. The molecule has 140 valence electrons. The van der Waals surface area contributed by atoms with Crippen molar-refractivity contribution in [2.24, 2.45) is 0 Å². The van der Waals surface area contributed by atoms with Gasteiger partial charge in [0.2, 0.25) is 5.91 Å². The summed E-state index contributed by atoms with van der Waals surface area (Å²) in [6, 6.07) is 9.79. The maximum absolute atomic E-state index is 12.6. The zero-order valence-electron chi connectivity index (χ0n) is 15.2. The maximum Gasteiger partial charge on any atom is 0.240 e. The number of likely N-dealkylation sites (tertiary alicyclic amines) is 1. The highest BCUT2D eigenvalue weighted by atomic mass is 16.5. The molecule has 0 spiro atoms. The molecule has 2 aromatic rings. The Morgan fingerprint density at radius 1 is 1.30 bits per heavy atom. The van der Waals surface area contributed by atoms with Gasteiger partial charge >= 0.3 is 0 Å². The zero-order valence-corrected chi connectivity index (χ0v) is 15.2. The van der Waals surface area contributed by atoms with Crippen LogP contribution >= 0.6 is 0 Å². The number of carbonyl (C=O) groups excluding carboxylic acids is 1. The minimum atomic E-state index is -0.135. The predicted octanol–water partition coefficient (Wildman–Crippen LogP) is 1.28. The number of ether oxygens (including phenoxy) is 1. The van der Waals surface area contributed by atoms with Crippen LogP contribution in [0.3, 0.4) is 0 Å². The first-order chi connectivity index (χ1) is 13.2. The number of hydrogen-bond donors (Lipinski definition) is 1. The fourth-order valence-corrected chi connectivity index (χ4v) is 3.77. The van der Waals surface area contributed by atoms with Gasteiger partial charge in [-0.15, -0.1) is 0 Å². The molecule has 1 unspecified atom stereocenters. The second kappa shape index (κ2) is 7.91. The molecule has 27 heavy (non-hydrogen) atoms. The Balaban J connectivity index is 1.35. The van der Waals surface area contributed by atoms with Crippen molar-refractivity contribution in [3.63, 3.8) is 0 Å². The van der Waals surface area contributed by atoms with E-state index in [4.69, 9.17) is 10.00 Å². The third kappa shape index (κ3) is 3.87. The van der Waals surface area contributed by atoms with E-state index in [2.05, 4.69) is 20.9 Å². The first kappa shape index (κ1) is 17.7. The quantitative estimate of drug-likeness (QED) is 0.834. The summed E-state index contributed by atoms with van der Waals surface area (Å²) >= 11 is 0. The van der Waals surface area contributed by atoms with Gasteiger partial charge in [-0.1, -0.05) is 12.1 Å². The lowest BCUT2D eigenvalue weighted by Crippen LogP contribution is -2.43. The molecule has 7 heteroatoms. The Morgan fingerprint density at radius 3 is 2.89 bits per heavy atom. The molecule has 7 nitrogen and oxygen atoms in total. The molecule has 0 saturated carbocycles. The van der Waals surface area contributed by atoms with E-state index in [1.165, 1.54) is 0 Å². The summed E-state index contributed by atoms with van der Waals surface area (Å²) in [5.41, 5.74) is 2.80. The number of nitrogens with one attached hydrogen (secondary N) is 1. The smallest absolute Gasteiger partial charge is 0.240 e. The minimum absolute atomic E-state index is 0.135. The first-order valence-electron chi connectivity index (χ1n) is 9.34. The predicted molar refractivity (Wildman–Crippen MR) is 98.7 cm³/mol. The van der Waals surface area contributed by atoms with E-state index in [0.717, 1.165) is 37.3 Å². The van der Waals surface area contributed by atoms with Gasteiger partial charge in [0.25, 0.3) is 0 Å². The summed E-state index contributed by atoms with van der Waals surface area (Å²) in [5.74, 6) is 0.184. The molecule has 1 amide bonds. The molecule has 2 aliphatic heterocycles. The van der Waals surface area contributed by atoms with Gasteiger partial charge in [-0.2, -0.15) is 5.26 Å². The number of carbonyl (C=O) groups is 1. The van der Waals surface area contributed by atoms with Crippen LogP contribution in [-0.4, -0.2) is 52.2 Å². The molecule has 0 aliphatic carbocycles. The molecular weight excluding hydrogens is 342 g/mol. The first-order valence-corrected chi connectivity index (χ1v) is 9.34. The van der Waals surface area contributed by atoms with Crippen LogP contribution in [0.1, 0.15) is 29.7 Å². The van der Waals surface area contributed by atoms with Gasteiger partial charge in [0.1, 0.15) is 0 Å². The van der Waals surface area contributed by atoms with Gasteiger partial charge in [0, 0.05) is 32.4 Å². The molecule has 2 fully saturated rings. The van der Waals surface area contributed by atoms with E-state index >= 15 is 0 Å². The van der Waals surface area contributed by atoms with Gasteiger partial charge in [-0.05, 0) is 30.5 Å². The van der Waals surface area contributed by atoms with E-state index in [-0.39, 0.29) is 18.0 Å². The number of hydrogen-bond acceptors (Lipinski definition) is 5. The molecule has 2 saturated heterocycles. The molecule has 1 aromatic carbocycles. The highest BCUT2D eigenvalue weighted by Gasteiger charge is 2.37. The number of benzene rings is 1. The fourth-order valence-electron chi connectivity index (χ4n) is 3.77. The van der Waals surface area contributed by atoms with Crippen molar-refractivity contribution in [1.29, 1.82) is 5.26 Å². The average molecular weight is 365 g/mol. The lowest BCUT2D eigenvalue weighted by molar-refractivity contribution is -0.131. The molecular formula is C20H23N5O2. The molecule has 0 bridgehead atoms. The highest BCUT2D eigenvalue weighted by Crippen LogP contribution is 2.20. The second-order valence-corrected chi connectivity index (χ2v) is 7.09. The molecule has 1 N–H and O–H groups in total. The standard InChI is InChI=1S/C20H23N5O2/c21-9-15-1-3-16(4-2-15)12-24-14-22-10-18(24)11-23-19-5-7-25(20(19)26)17-6-8-27-13-17/h1-4,10,14,17,19,23H,5-8,11-13H2/t17?,19-/m0/s1. The Kier molecular flexibility index (Phi) is 5.19. The minimum Gasteiger partial charge on any atom is -0.379 e. The Labute approximate surface area is 158 Å². The van der Waals surface area contributed by atoms with Gasteiger partial charge in [0.05, 0.1) is 42.3 Å². The number of aromatic nitrogens is 2. The Morgan fingerprint density at radius 2 is 2.15 bits per heavy atom. The Hall–Kier alpha value is -2.69. The maximum atomic E-state index is 12.6. The zero-order chi connectivity index (χ0) is 18.6. The van der Waals surface area contributed by atoms with Crippen LogP contribution in [-0.2, 0) is 22.6 Å². The summed E-state index contributed by atoms with van der Waals surface area (Å²) in [6.45, 7) is 3.50. The van der Waals surface area contributed by atoms with Crippen molar-refractivity contribution >= 4 is 5.91 Å². The van der Waals surface area contributed by atoms with Crippen LogP contribution in [0.2, 0.25) is 0 Å². The molecule has 1 aromatic heterocycles. The number of nitrogens with zero attached hydrogens (tertiary/aromatic N) is 4. The SMILES string of the molecule is N#Cc1ccc(Cn2cncc2CN[C@H]2CCN(C3CCOC3)C2=O)cc1. The van der Waals surface area contributed by atoms with Crippen molar-refractivity contribution in [2.75, 3.05) is 19.8 Å². The van der Waals surface area contributed by atoms with Crippen molar-refractivity contribution < 1.29 is 9.53 Å². The van der Waals surface area contributed by atoms with Gasteiger partial charge < -0.3 is 19.5 Å². The van der Waals surface area contributed by atoms with Crippen molar-refractivity contribution in [2.45, 2.75) is 38.0 Å². The normalized spacial score (nSPS) is 22.3.